The third kappa shape index (κ3) is 4.88. The molecule has 0 saturated carbocycles. The maximum Gasteiger partial charge on any atom is 0.359 e. The van der Waals surface area contributed by atoms with Crippen LogP contribution in [0.5, 0.6) is 0 Å². The van der Waals surface area contributed by atoms with Crippen molar-refractivity contribution in [2.45, 2.75) is 20.4 Å². The number of rotatable bonds is 5. The molecular weight excluding hydrogens is 294 g/mol. The molecule has 1 amide bonds. The number of benzene rings is 1. The standard InChI is InChI=1S/C17H19N3O3/c1-12-4-6-14(7-5-12)10-20(3)16(21)11-23-17(22)15-9-18-13(2)8-19-15/h4-9H,10-11H2,1-3H3. The van der Waals surface area contributed by atoms with Crippen LogP contribution < -0.4 is 0 Å². The van der Waals surface area contributed by atoms with E-state index < -0.39 is 5.97 Å². The first-order chi connectivity index (χ1) is 11.0. The Morgan fingerprint density at radius 3 is 2.39 bits per heavy atom. The number of aromatic nitrogens is 2. The molecule has 0 N–H and O–H groups in total. The Kier molecular flexibility index (Phi) is 5.41. The van der Waals surface area contributed by atoms with E-state index in [4.69, 9.17) is 4.74 Å². The number of carbonyl (C=O) groups is 2. The maximum atomic E-state index is 12.0. The Morgan fingerprint density at radius 2 is 1.78 bits per heavy atom. The van der Waals surface area contributed by atoms with Gasteiger partial charge >= 0.3 is 5.97 Å². The van der Waals surface area contributed by atoms with Gasteiger partial charge in [0.1, 0.15) is 0 Å². The summed E-state index contributed by atoms with van der Waals surface area (Å²) in [6.45, 7) is 3.91. The van der Waals surface area contributed by atoms with Gasteiger partial charge in [-0.1, -0.05) is 29.8 Å². The summed E-state index contributed by atoms with van der Waals surface area (Å²) in [7, 11) is 1.67. The zero-order valence-electron chi connectivity index (χ0n) is 13.4. The van der Waals surface area contributed by atoms with Crippen LogP contribution in [0, 0.1) is 13.8 Å². The summed E-state index contributed by atoms with van der Waals surface area (Å²) in [5.41, 5.74) is 2.97. The Balaban J connectivity index is 1.84. The van der Waals surface area contributed by atoms with Crippen LogP contribution in [0.4, 0.5) is 0 Å². The lowest BCUT2D eigenvalue weighted by atomic mass is 10.1. The van der Waals surface area contributed by atoms with Gasteiger partial charge < -0.3 is 9.64 Å². The van der Waals surface area contributed by atoms with Gasteiger partial charge in [0.25, 0.3) is 5.91 Å². The van der Waals surface area contributed by atoms with Crippen LogP contribution in [-0.2, 0) is 16.1 Å². The highest BCUT2D eigenvalue weighted by atomic mass is 16.5. The number of hydrogen-bond donors (Lipinski definition) is 0. The number of esters is 1. The molecule has 0 aliphatic heterocycles. The van der Waals surface area contributed by atoms with Gasteiger partial charge in [0.2, 0.25) is 0 Å². The molecule has 23 heavy (non-hydrogen) atoms. The predicted molar refractivity (Wildman–Crippen MR) is 84.7 cm³/mol. The number of ether oxygens (including phenoxy) is 1. The van der Waals surface area contributed by atoms with Crippen molar-refractivity contribution in [3.05, 3.63) is 59.2 Å². The summed E-state index contributed by atoms with van der Waals surface area (Å²) in [6.07, 6.45) is 2.81. The number of amides is 1. The second-order valence-corrected chi connectivity index (χ2v) is 5.35. The first-order valence-electron chi connectivity index (χ1n) is 7.21. The van der Waals surface area contributed by atoms with Gasteiger partial charge in [-0.15, -0.1) is 0 Å². The Bertz CT molecular complexity index is 681. The monoisotopic (exact) mass is 313 g/mol. The van der Waals surface area contributed by atoms with Crippen molar-refractivity contribution in [2.75, 3.05) is 13.7 Å². The highest BCUT2D eigenvalue weighted by molar-refractivity contribution is 5.89. The molecule has 2 aromatic rings. The van der Waals surface area contributed by atoms with Crippen molar-refractivity contribution < 1.29 is 14.3 Å². The minimum atomic E-state index is -0.658. The lowest BCUT2D eigenvalue weighted by molar-refractivity contribution is -0.133. The van der Waals surface area contributed by atoms with Crippen LogP contribution in [0.25, 0.3) is 0 Å². The fraction of sp³-hybridized carbons (Fsp3) is 0.294. The zero-order chi connectivity index (χ0) is 16.8. The lowest BCUT2D eigenvalue weighted by Gasteiger charge is -2.17. The summed E-state index contributed by atoms with van der Waals surface area (Å²) in [5, 5.41) is 0. The van der Waals surface area contributed by atoms with E-state index in [9.17, 15) is 9.59 Å². The molecule has 0 bridgehead atoms. The summed E-state index contributed by atoms with van der Waals surface area (Å²) in [5.74, 6) is -0.936. The van der Waals surface area contributed by atoms with E-state index in [0.717, 1.165) is 11.1 Å². The van der Waals surface area contributed by atoms with Gasteiger partial charge in [-0.3, -0.25) is 9.78 Å². The number of aryl methyl sites for hydroxylation is 2. The van der Waals surface area contributed by atoms with Crippen LogP contribution in [0.1, 0.15) is 27.3 Å². The van der Waals surface area contributed by atoms with Gasteiger partial charge in [-0.05, 0) is 19.4 Å². The molecular formula is C17H19N3O3. The summed E-state index contributed by atoms with van der Waals surface area (Å²) >= 11 is 0. The minimum absolute atomic E-state index is 0.0876. The van der Waals surface area contributed by atoms with Crippen molar-refractivity contribution in [1.29, 1.82) is 0 Å². The number of carbonyl (C=O) groups excluding carboxylic acids is 2. The molecule has 0 fully saturated rings. The molecule has 0 saturated heterocycles. The Hall–Kier alpha value is -2.76. The summed E-state index contributed by atoms with van der Waals surface area (Å²) in [6, 6.07) is 7.91. The SMILES string of the molecule is Cc1ccc(CN(C)C(=O)COC(=O)c2cnc(C)cn2)cc1. The van der Waals surface area contributed by atoms with E-state index in [-0.39, 0.29) is 18.2 Å². The second kappa shape index (κ2) is 7.49. The fourth-order valence-electron chi connectivity index (χ4n) is 1.86. The average molecular weight is 313 g/mol. The maximum absolute atomic E-state index is 12.0. The number of nitrogens with zero attached hydrogens (tertiary/aromatic N) is 3. The van der Waals surface area contributed by atoms with Crippen molar-refractivity contribution in [1.82, 2.24) is 14.9 Å². The normalized spacial score (nSPS) is 10.2. The molecule has 0 radical (unpaired) electrons. The third-order valence-corrected chi connectivity index (χ3v) is 3.28. The van der Waals surface area contributed by atoms with E-state index in [2.05, 4.69) is 9.97 Å². The number of hydrogen-bond acceptors (Lipinski definition) is 5. The molecule has 0 spiro atoms. The highest BCUT2D eigenvalue weighted by Gasteiger charge is 2.15. The van der Waals surface area contributed by atoms with Crippen molar-refractivity contribution in [3.63, 3.8) is 0 Å². The van der Waals surface area contributed by atoms with Gasteiger partial charge in [0.05, 0.1) is 11.9 Å². The molecule has 6 nitrogen and oxygen atoms in total. The van der Waals surface area contributed by atoms with Gasteiger partial charge in [-0.25, -0.2) is 9.78 Å². The third-order valence-electron chi connectivity index (χ3n) is 3.28. The molecule has 1 heterocycles. The van der Waals surface area contributed by atoms with Gasteiger partial charge in [0, 0.05) is 19.8 Å². The smallest absolute Gasteiger partial charge is 0.359 e. The first kappa shape index (κ1) is 16.6. The summed E-state index contributed by atoms with van der Waals surface area (Å²) < 4.78 is 4.98. The van der Waals surface area contributed by atoms with Crippen molar-refractivity contribution >= 4 is 11.9 Å². The molecule has 2 rings (SSSR count). The molecule has 0 aliphatic rings. The minimum Gasteiger partial charge on any atom is -0.451 e. The average Bonchev–Trinajstić information content (AvgIpc) is 2.55. The number of likely N-dealkylation sites (N-methyl/N-ethyl adjacent to an activating group) is 1. The first-order valence-corrected chi connectivity index (χ1v) is 7.21. The fourth-order valence-corrected chi connectivity index (χ4v) is 1.86. The largest absolute Gasteiger partial charge is 0.451 e. The second-order valence-electron chi connectivity index (χ2n) is 5.35. The Morgan fingerprint density at radius 1 is 1.09 bits per heavy atom. The van der Waals surface area contributed by atoms with Crippen LogP contribution in [0.15, 0.2) is 36.7 Å². The zero-order valence-corrected chi connectivity index (χ0v) is 13.4. The van der Waals surface area contributed by atoms with E-state index >= 15 is 0 Å². The highest BCUT2D eigenvalue weighted by Crippen LogP contribution is 2.06. The quantitative estimate of drug-likeness (QED) is 0.788. The summed E-state index contributed by atoms with van der Waals surface area (Å²) in [4.78, 5) is 33.2. The van der Waals surface area contributed by atoms with Crippen molar-refractivity contribution in [3.8, 4) is 0 Å². The molecule has 0 atom stereocenters. The van der Waals surface area contributed by atoms with E-state index in [1.165, 1.54) is 17.3 Å². The molecule has 6 heteroatoms. The van der Waals surface area contributed by atoms with Gasteiger partial charge in [-0.2, -0.15) is 0 Å². The van der Waals surface area contributed by atoms with Crippen molar-refractivity contribution in [2.24, 2.45) is 0 Å². The van der Waals surface area contributed by atoms with Crippen LogP contribution in [-0.4, -0.2) is 40.4 Å². The predicted octanol–water partition coefficient (Wildman–Crippen LogP) is 1.91. The molecule has 0 unspecified atom stereocenters. The van der Waals surface area contributed by atoms with E-state index in [1.54, 1.807) is 14.0 Å². The van der Waals surface area contributed by atoms with E-state index in [1.807, 2.05) is 31.2 Å². The van der Waals surface area contributed by atoms with Crippen LogP contribution >= 0.6 is 0 Å². The topological polar surface area (TPSA) is 72.4 Å². The van der Waals surface area contributed by atoms with Crippen LogP contribution in [0.2, 0.25) is 0 Å². The molecule has 1 aromatic carbocycles. The molecule has 0 aliphatic carbocycles. The van der Waals surface area contributed by atoms with Gasteiger partial charge in [0.15, 0.2) is 12.3 Å². The lowest BCUT2D eigenvalue weighted by Crippen LogP contribution is -2.31. The van der Waals surface area contributed by atoms with Crippen LogP contribution in [0.3, 0.4) is 0 Å². The molecule has 1 aromatic heterocycles. The molecule has 120 valence electrons. The van der Waals surface area contributed by atoms with E-state index in [0.29, 0.717) is 12.2 Å². The Labute approximate surface area is 135 Å².